The minimum absolute atomic E-state index is 0.120. The molecule has 1 N–H and O–H groups in total. The predicted octanol–water partition coefficient (Wildman–Crippen LogP) is 3.74. The molecule has 0 spiro atoms. The van der Waals surface area contributed by atoms with Crippen molar-refractivity contribution in [3.05, 3.63) is 53.8 Å². The van der Waals surface area contributed by atoms with Gasteiger partial charge in [-0.05, 0) is 24.6 Å². The molecule has 1 aliphatic heterocycles. The third-order valence-corrected chi connectivity index (χ3v) is 5.13. The molecule has 1 aromatic heterocycles. The van der Waals surface area contributed by atoms with Gasteiger partial charge in [-0.2, -0.15) is 0 Å². The van der Waals surface area contributed by atoms with Crippen LogP contribution in [-0.2, 0) is 11.3 Å². The van der Waals surface area contributed by atoms with Crippen LogP contribution in [0.4, 0.5) is 0 Å². The average molecular weight is 364 g/mol. The highest BCUT2D eigenvalue weighted by Gasteiger charge is 2.19. The quantitative estimate of drug-likeness (QED) is 0.766. The monoisotopic (exact) mass is 364 g/mol. The molecule has 1 saturated heterocycles. The lowest BCUT2D eigenvalue weighted by atomic mass is 10.0. The van der Waals surface area contributed by atoms with Gasteiger partial charge in [-0.15, -0.1) is 0 Å². The fraction of sp³-hybridized carbons (Fsp3) is 0.318. The lowest BCUT2D eigenvalue weighted by molar-refractivity contribution is -0.120. The van der Waals surface area contributed by atoms with Crippen LogP contribution in [0.25, 0.3) is 22.1 Å². The van der Waals surface area contributed by atoms with Crippen LogP contribution in [0.3, 0.4) is 0 Å². The Kier molecular flexibility index (Phi) is 4.86. The summed E-state index contributed by atoms with van der Waals surface area (Å²) in [5.74, 6) is 1.87. The summed E-state index contributed by atoms with van der Waals surface area (Å²) in [6.45, 7) is 5.00. The van der Waals surface area contributed by atoms with Crippen LogP contribution in [0.1, 0.15) is 17.7 Å². The number of nitrogens with one attached hydrogen (secondary N) is 1. The third kappa shape index (κ3) is 3.55. The number of aryl methyl sites for hydroxylation is 1. The minimum Gasteiger partial charge on any atom is -0.496 e. The normalized spacial score (nSPS) is 15.6. The first kappa shape index (κ1) is 17.6. The second kappa shape index (κ2) is 7.45. The van der Waals surface area contributed by atoms with Gasteiger partial charge in [-0.1, -0.05) is 30.3 Å². The van der Waals surface area contributed by atoms with E-state index in [1.54, 1.807) is 7.11 Å². The largest absolute Gasteiger partial charge is 0.496 e. The van der Waals surface area contributed by atoms with E-state index < -0.39 is 0 Å². The summed E-state index contributed by atoms with van der Waals surface area (Å²) in [5, 5.41) is 3.98. The maximum absolute atomic E-state index is 11.6. The van der Waals surface area contributed by atoms with Crippen molar-refractivity contribution in [1.29, 1.82) is 0 Å². The Hall–Kier alpha value is -2.79. The number of amides is 1. The van der Waals surface area contributed by atoms with E-state index in [0.717, 1.165) is 58.8 Å². The Morgan fingerprint density at radius 3 is 2.78 bits per heavy atom. The standard InChI is InChI=1S/C22H24N2O3/c1-15-22(16-6-4-3-5-7-16)18-13-19(26-2)17(12-20(18)27-15)14-24-10-8-21(25)23-9-11-24/h3-7,12-13H,8-11,14H2,1-2H3,(H,23,25). The molecule has 0 atom stereocenters. The van der Waals surface area contributed by atoms with Crippen LogP contribution in [0, 0.1) is 6.92 Å². The van der Waals surface area contributed by atoms with Crippen LogP contribution < -0.4 is 10.1 Å². The van der Waals surface area contributed by atoms with Gasteiger partial charge in [0.2, 0.25) is 5.91 Å². The molecule has 0 saturated carbocycles. The molecule has 5 heteroatoms. The van der Waals surface area contributed by atoms with Crippen LogP contribution in [-0.4, -0.2) is 37.6 Å². The molecule has 140 valence electrons. The molecule has 2 heterocycles. The fourth-order valence-corrected chi connectivity index (χ4v) is 3.78. The Bertz CT molecular complexity index is 963. The summed E-state index contributed by atoms with van der Waals surface area (Å²) < 4.78 is 11.8. The van der Waals surface area contributed by atoms with E-state index in [1.165, 1.54) is 0 Å². The van der Waals surface area contributed by atoms with Crippen molar-refractivity contribution >= 4 is 16.9 Å². The van der Waals surface area contributed by atoms with E-state index in [1.807, 2.05) is 25.1 Å². The molecule has 3 aromatic rings. The van der Waals surface area contributed by atoms with Crippen molar-refractivity contribution in [2.75, 3.05) is 26.7 Å². The highest BCUT2D eigenvalue weighted by molar-refractivity contribution is 5.97. The van der Waals surface area contributed by atoms with Gasteiger partial charge in [0.1, 0.15) is 17.1 Å². The second-order valence-corrected chi connectivity index (χ2v) is 6.94. The van der Waals surface area contributed by atoms with Crippen LogP contribution in [0.5, 0.6) is 5.75 Å². The van der Waals surface area contributed by atoms with Crippen molar-refractivity contribution in [3.8, 4) is 16.9 Å². The molecule has 1 aliphatic rings. The van der Waals surface area contributed by atoms with Crippen LogP contribution in [0.2, 0.25) is 0 Å². The van der Waals surface area contributed by atoms with Crippen LogP contribution in [0.15, 0.2) is 46.9 Å². The number of hydrogen-bond acceptors (Lipinski definition) is 4. The molecule has 1 amide bonds. The first-order valence-corrected chi connectivity index (χ1v) is 9.30. The maximum Gasteiger partial charge on any atom is 0.221 e. The summed E-state index contributed by atoms with van der Waals surface area (Å²) in [5.41, 5.74) is 4.19. The summed E-state index contributed by atoms with van der Waals surface area (Å²) in [7, 11) is 1.70. The summed E-state index contributed by atoms with van der Waals surface area (Å²) in [4.78, 5) is 13.8. The maximum atomic E-state index is 11.6. The van der Waals surface area contributed by atoms with Crippen molar-refractivity contribution in [1.82, 2.24) is 10.2 Å². The Morgan fingerprint density at radius 2 is 2.00 bits per heavy atom. The molecule has 0 radical (unpaired) electrons. The highest BCUT2D eigenvalue weighted by atomic mass is 16.5. The van der Waals surface area contributed by atoms with Gasteiger partial charge in [0, 0.05) is 49.1 Å². The lowest BCUT2D eigenvalue weighted by Crippen LogP contribution is -2.28. The number of furan rings is 1. The van der Waals surface area contributed by atoms with Gasteiger partial charge >= 0.3 is 0 Å². The summed E-state index contributed by atoms with van der Waals surface area (Å²) in [6.07, 6.45) is 0.530. The first-order valence-electron chi connectivity index (χ1n) is 9.30. The van der Waals surface area contributed by atoms with Crippen molar-refractivity contribution in [2.24, 2.45) is 0 Å². The lowest BCUT2D eigenvalue weighted by Gasteiger charge is -2.20. The number of carbonyl (C=O) groups is 1. The molecular formula is C22H24N2O3. The van der Waals surface area contributed by atoms with Gasteiger partial charge in [-0.3, -0.25) is 9.69 Å². The molecule has 0 bridgehead atoms. The van der Waals surface area contributed by atoms with Crippen LogP contribution >= 0.6 is 0 Å². The SMILES string of the molecule is COc1cc2c(-c3ccccc3)c(C)oc2cc1CN1CCNC(=O)CC1. The van der Waals surface area contributed by atoms with E-state index in [2.05, 4.69) is 34.5 Å². The Balaban J connectivity index is 1.72. The molecule has 27 heavy (non-hydrogen) atoms. The van der Waals surface area contributed by atoms with Gasteiger partial charge in [-0.25, -0.2) is 0 Å². The smallest absolute Gasteiger partial charge is 0.221 e. The molecule has 0 aliphatic carbocycles. The summed E-state index contributed by atoms with van der Waals surface area (Å²) >= 11 is 0. The first-order chi connectivity index (χ1) is 13.2. The van der Waals surface area contributed by atoms with Gasteiger partial charge < -0.3 is 14.5 Å². The van der Waals surface area contributed by atoms with E-state index in [0.29, 0.717) is 13.0 Å². The van der Waals surface area contributed by atoms with E-state index in [-0.39, 0.29) is 5.91 Å². The number of benzene rings is 2. The van der Waals surface area contributed by atoms with Crippen molar-refractivity contribution in [2.45, 2.75) is 19.9 Å². The molecule has 4 rings (SSSR count). The fourth-order valence-electron chi connectivity index (χ4n) is 3.78. The Labute approximate surface area is 158 Å². The molecular weight excluding hydrogens is 340 g/mol. The van der Waals surface area contributed by atoms with Gasteiger partial charge in [0.25, 0.3) is 0 Å². The number of fused-ring (bicyclic) bond motifs is 1. The summed E-state index contributed by atoms with van der Waals surface area (Å²) in [6, 6.07) is 14.4. The number of carbonyl (C=O) groups excluding carboxylic acids is 1. The van der Waals surface area contributed by atoms with E-state index in [4.69, 9.17) is 9.15 Å². The average Bonchev–Trinajstić information content (AvgIpc) is 2.85. The van der Waals surface area contributed by atoms with Gasteiger partial charge in [0.15, 0.2) is 0 Å². The molecule has 1 fully saturated rings. The zero-order valence-corrected chi connectivity index (χ0v) is 15.7. The zero-order chi connectivity index (χ0) is 18.8. The molecule has 2 aromatic carbocycles. The van der Waals surface area contributed by atoms with Gasteiger partial charge in [0.05, 0.1) is 7.11 Å². The highest BCUT2D eigenvalue weighted by Crippen LogP contribution is 2.38. The molecule has 5 nitrogen and oxygen atoms in total. The number of methoxy groups -OCH3 is 1. The number of rotatable bonds is 4. The number of nitrogens with zero attached hydrogens (tertiary/aromatic N) is 1. The van der Waals surface area contributed by atoms with E-state index >= 15 is 0 Å². The minimum atomic E-state index is 0.120. The second-order valence-electron chi connectivity index (χ2n) is 6.94. The number of hydrogen-bond donors (Lipinski definition) is 1. The van der Waals surface area contributed by atoms with Crippen molar-refractivity contribution in [3.63, 3.8) is 0 Å². The van der Waals surface area contributed by atoms with Crippen molar-refractivity contribution < 1.29 is 13.9 Å². The Morgan fingerprint density at radius 1 is 1.19 bits per heavy atom. The van der Waals surface area contributed by atoms with E-state index in [9.17, 15) is 4.79 Å². The third-order valence-electron chi connectivity index (χ3n) is 5.13. The zero-order valence-electron chi connectivity index (χ0n) is 15.7. The predicted molar refractivity (Wildman–Crippen MR) is 106 cm³/mol. The molecule has 0 unspecified atom stereocenters. The number of ether oxygens (including phenoxy) is 1. The topological polar surface area (TPSA) is 54.7 Å².